The largest absolute Gasteiger partial charge is 0.469 e. The van der Waals surface area contributed by atoms with Crippen LogP contribution in [0.4, 0.5) is 0 Å². The third-order valence-corrected chi connectivity index (χ3v) is 11.6. The summed E-state index contributed by atoms with van der Waals surface area (Å²) in [6.07, 6.45) is 0.176. The lowest BCUT2D eigenvalue weighted by Gasteiger charge is -2.52. The number of hydrogen-bond acceptors (Lipinski definition) is 6. The van der Waals surface area contributed by atoms with Crippen LogP contribution in [0.2, 0.25) is 18.1 Å². The molecule has 0 aromatic heterocycles. The lowest BCUT2D eigenvalue weighted by atomic mass is 9.57. The van der Waals surface area contributed by atoms with E-state index in [0.717, 1.165) is 5.57 Å². The molecule has 0 aromatic rings. The van der Waals surface area contributed by atoms with Gasteiger partial charge in [0.15, 0.2) is 14.1 Å². The first kappa shape index (κ1) is 20.3. The van der Waals surface area contributed by atoms with Crippen molar-refractivity contribution in [2.24, 2.45) is 17.3 Å². The third kappa shape index (κ3) is 2.81. The highest BCUT2D eigenvalue weighted by atomic mass is 28.4. The van der Waals surface area contributed by atoms with E-state index in [4.69, 9.17) is 13.9 Å². The maximum Gasteiger partial charge on any atom is 0.317 e. The number of ether oxygens (including phenoxy) is 2. The Bertz CT molecular complexity index is 731. The summed E-state index contributed by atoms with van der Waals surface area (Å²) in [7, 11) is -0.743. The zero-order chi connectivity index (χ0) is 20.4. The van der Waals surface area contributed by atoms with Gasteiger partial charge >= 0.3 is 11.9 Å². The van der Waals surface area contributed by atoms with Crippen molar-refractivity contribution in [2.45, 2.75) is 64.8 Å². The number of esters is 2. The Labute approximate surface area is 161 Å². The normalized spacial score (nSPS) is 33.2. The van der Waals surface area contributed by atoms with Gasteiger partial charge in [0, 0.05) is 24.5 Å². The van der Waals surface area contributed by atoms with E-state index in [1.807, 2.05) is 0 Å². The van der Waals surface area contributed by atoms with E-state index >= 15 is 0 Å². The van der Waals surface area contributed by atoms with Crippen molar-refractivity contribution in [2.75, 3.05) is 13.7 Å². The highest BCUT2D eigenvalue weighted by molar-refractivity contribution is 6.74. The Morgan fingerprint density at radius 2 is 1.89 bits per heavy atom. The molecular formula is C20H30O6Si. The van der Waals surface area contributed by atoms with Gasteiger partial charge < -0.3 is 13.9 Å². The molecule has 0 radical (unpaired) electrons. The summed E-state index contributed by atoms with van der Waals surface area (Å²) in [6, 6.07) is 0. The van der Waals surface area contributed by atoms with Crippen LogP contribution in [0.25, 0.3) is 0 Å². The monoisotopic (exact) mass is 394 g/mol. The molecule has 1 saturated heterocycles. The van der Waals surface area contributed by atoms with Crippen LogP contribution in [0, 0.1) is 17.3 Å². The molecule has 2 aliphatic heterocycles. The van der Waals surface area contributed by atoms with Crippen LogP contribution >= 0.6 is 0 Å². The van der Waals surface area contributed by atoms with Gasteiger partial charge in [-0.2, -0.15) is 0 Å². The van der Waals surface area contributed by atoms with Crippen molar-refractivity contribution >= 4 is 26.0 Å². The lowest BCUT2D eigenvalue weighted by molar-refractivity contribution is -0.193. The highest BCUT2D eigenvalue weighted by Gasteiger charge is 2.66. The molecule has 2 unspecified atom stereocenters. The van der Waals surface area contributed by atoms with Gasteiger partial charge in [0.2, 0.25) is 0 Å². The fourth-order valence-corrected chi connectivity index (χ4v) is 5.47. The predicted molar refractivity (Wildman–Crippen MR) is 101 cm³/mol. The van der Waals surface area contributed by atoms with Crippen LogP contribution in [-0.4, -0.2) is 45.9 Å². The number of methoxy groups -OCH3 is 1. The molecule has 2 aliphatic carbocycles. The zero-order valence-corrected chi connectivity index (χ0v) is 18.3. The summed E-state index contributed by atoms with van der Waals surface area (Å²) in [4.78, 5) is 38.0. The van der Waals surface area contributed by atoms with E-state index in [1.165, 1.54) is 7.11 Å². The molecule has 4 aliphatic rings. The minimum Gasteiger partial charge on any atom is -0.469 e. The highest BCUT2D eigenvalue weighted by Crippen LogP contribution is 2.58. The smallest absolute Gasteiger partial charge is 0.317 e. The van der Waals surface area contributed by atoms with Crippen molar-refractivity contribution in [1.29, 1.82) is 0 Å². The standard InChI is InChI=1S/C20H30O6Si/c1-19(2,3)27(6,7)25-10-11-15(17(22)24-5)20(4)12-8-9-13(21)14(12)16(11)26-18(20)23/h11,15-16H,8-10H2,1-7H3/t11-,15+,16?,20?/m1/s1. The summed E-state index contributed by atoms with van der Waals surface area (Å²) < 4.78 is 17.1. The Kier molecular flexibility index (Phi) is 4.71. The first-order chi connectivity index (χ1) is 12.4. The summed E-state index contributed by atoms with van der Waals surface area (Å²) in [5.41, 5.74) is 0.221. The van der Waals surface area contributed by atoms with Gasteiger partial charge in [0.25, 0.3) is 0 Å². The first-order valence-electron chi connectivity index (χ1n) is 9.56. The number of carbonyl (C=O) groups is 3. The number of ketones is 1. The van der Waals surface area contributed by atoms with Crippen LogP contribution in [0.3, 0.4) is 0 Å². The van der Waals surface area contributed by atoms with Gasteiger partial charge in [-0.05, 0) is 37.0 Å². The minimum absolute atomic E-state index is 0.00955. The van der Waals surface area contributed by atoms with Crippen molar-refractivity contribution in [3.8, 4) is 0 Å². The topological polar surface area (TPSA) is 78.9 Å². The number of Topliss-reactive ketones (excluding diaryl/α,β-unsaturated/α-hetero) is 1. The number of rotatable bonds is 4. The Morgan fingerprint density at radius 3 is 2.44 bits per heavy atom. The summed E-state index contributed by atoms with van der Waals surface area (Å²) in [5.74, 6) is -1.94. The van der Waals surface area contributed by atoms with Crippen LogP contribution in [0.5, 0.6) is 0 Å². The molecule has 0 aromatic carbocycles. The van der Waals surface area contributed by atoms with E-state index in [0.29, 0.717) is 18.4 Å². The molecule has 0 amide bonds. The number of fused-ring (bicyclic) bond motifs is 2. The van der Waals surface area contributed by atoms with Gasteiger partial charge in [-0.3, -0.25) is 14.4 Å². The van der Waals surface area contributed by atoms with Gasteiger partial charge in [0.05, 0.1) is 13.0 Å². The fourth-order valence-electron chi connectivity index (χ4n) is 4.43. The summed E-state index contributed by atoms with van der Waals surface area (Å²) in [6.45, 7) is 12.7. The molecule has 27 heavy (non-hydrogen) atoms. The Morgan fingerprint density at radius 1 is 1.26 bits per heavy atom. The van der Waals surface area contributed by atoms with E-state index < -0.39 is 43.6 Å². The predicted octanol–water partition coefficient (Wildman–Crippen LogP) is 3.02. The van der Waals surface area contributed by atoms with Crippen LogP contribution in [0.15, 0.2) is 11.1 Å². The second-order valence-electron chi connectivity index (χ2n) is 9.58. The van der Waals surface area contributed by atoms with Gasteiger partial charge in [-0.15, -0.1) is 0 Å². The third-order valence-electron chi connectivity index (χ3n) is 7.13. The average Bonchev–Trinajstić information content (AvgIpc) is 2.96. The van der Waals surface area contributed by atoms with Crippen molar-refractivity contribution in [3.05, 3.63) is 11.1 Å². The summed E-state index contributed by atoms with van der Waals surface area (Å²) >= 11 is 0. The Hall–Kier alpha value is -1.47. The minimum atomic E-state index is -2.08. The quantitative estimate of drug-likeness (QED) is 0.539. The molecule has 6 nitrogen and oxygen atoms in total. The maximum atomic E-state index is 12.8. The van der Waals surface area contributed by atoms with E-state index in [1.54, 1.807) is 6.92 Å². The van der Waals surface area contributed by atoms with E-state index in [9.17, 15) is 14.4 Å². The molecule has 1 fully saturated rings. The van der Waals surface area contributed by atoms with Crippen molar-refractivity contribution in [3.63, 3.8) is 0 Å². The molecule has 0 spiro atoms. The molecule has 2 bridgehead atoms. The van der Waals surface area contributed by atoms with E-state index in [2.05, 4.69) is 33.9 Å². The molecular weight excluding hydrogens is 364 g/mol. The van der Waals surface area contributed by atoms with Gasteiger partial charge in [0.1, 0.15) is 11.5 Å². The molecule has 7 heteroatoms. The van der Waals surface area contributed by atoms with Crippen molar-refractivity contribution in [1.82, 2.24) is 0 Å². The van der Waals surface area contributed by atoms with E-state index in [-0.39, 0.29) is 17.4 Å². The second kappa shape index (κ2) is 6.27. The van der Waals surface area contributed by atoms with Crippen LogP contribution in [0.1, 0.15) is 40.5 Å². The first-order valence-corrected chi connectivity index (χ1v) is 12.5. The van der Waals surface area contributed by atoms with Crippen molar-refractivity contribution < 1.29 is 28.3 Å². The van der Waals surface area contributed by atoms with Crippen LogP contribution in [-0.2, 0) is 28.3 Å². The lowest BCUT2D eigenvalue weighted by Crippen LogP contribution is -2.62. The number of carbonyl (C=O) groups excluding carboxylic acids is 3. The molecule has 4 rings (SSSR count). The molecule has 150 valence electrons. The molecule has 0 N–H and O–H groups in total. The van der Waals surface area contributed by atoms with Gasteiger partial charge in [-0.1, -0.05) is 20.8 Å². The van der Waals surface area contributed by atoms with Gasteiger partial charge in [-0.25, -0.2) is 0 Å². The molecule has 2 heterocycles. The number of hydrogen-bond donors (Lipinski definition) is 0. The molecule has 0 saturated carbocycles. The fraction of sp³-hybridized carbons (Fsp3) is 0.750. The molecule has 4 atom stereocenters. The second-order valence-corrected chi connectivity index (χ2v) is 14.4. The summed E-state index contributed by atoms with van der Waals surface area (Å²) in [5, 5.41) is 0.00955. The SMILES string of the molecule is COC(=O)[C@@H]1[C@@H](CO[Si](C)(C)C(C)(C)C)C2OC(=O)C1(C)C1=C2C(=O)CC1. The van der Waals surface area contributed by atoms with Crippen LogP contribution < -0.4 is 0 Å². The maximum absolute atomic E-state index is 12.8. The average molecular weight is 395 g/mol. The Balaban J connectivity index is 2.02. The zero-order valence-electron chi connectivity index (χ0n) is 17.3.